The molecule has 2 N–H and O–H groups in total. The van der Waals surface area contributed by atoms with E-state index in [1.165, 1.54) is 18.2 Å². The molecular weight excluding hydrogens is 371 g/mol. The first kappa shape index (κ1) is 19.5. The summed E-state index contributed by atoms with van der Waals surface area (Å²) in [5.74, 6) is 0.910. The van der Waals surface area contributed by atoms with Gasteiger partial charge in [-0.15, -0.1) is 0 Å². The number of ether oxygens (including phenoxy) is 2. The van der Waals surface area contributed by atoms with Gasteiger partial charge in [-0.25, -0.2) is 4.39 Å². The summed E-state index contributed by atoms with van der Waals surface area (Å²) in [4.78, 5) is 13.7. The van der Waals surface area contributed by atoms with Gasteiger partial charge in [-0.05, 0) is 30.3 Å². The Bertz CT molecular complexity index is 831. The maximum Gasteiger partial charge on any atom is 0.279 e. The van der Waals surface area contributed by atoms with Crippen LogP contribution in [0.2, 0.25) is 5.02 Å². The van der Waals surface area contributed by atoms with Gasteiger partial charge < -0.3 is 19.7 Å². The molecule has 144 valence electrons. The first-order chi connectivity index (χ1) is 13.0. The van der Waals surface area contributed by atoms with E-state index in [0.717, 1.165) is 41.3 Å². The molecule has 27 heavy (non-hydrogen) atoms. The van der Waals surface area contributed by atoms with E-state index >= 15 is 0 Å². The molecule has 5 nitrogen and oxygen atoms in total. The molecule has 0 saturated carbocycles. The van der Waals surface area contributed by atoms with Crippen LogP contribution in [-0.2, 0) is 4.79 Å². The number of carbonyl (C=O) groups excluding carboxylic acids is 1. The maximum absolute atomic E-state index is 13.2. The van der Waals surface area contributed by atoms with Gasteiger partial charge in [-0.3, -0.25) is 4.79 Å². The van der Waals surface area contributed by atoms with Gasteiger partial charge in [0.2, 0.25) is 0 Å². The summed E-state index contributed by atoms with van der Waals surface area (Å²) in [7, 11) is 3.25. The predicted octanol–water partition coefficient (Wildman–Crippen LogP) is 2.85. The third kappa shape index (κ3) is 4.51. The Balaban J connectivity index is 1.72. The fourth-order valence-corrected chi connectivity index (χ4v) is 3.81. The van der Waals surface area contributed by atoms with E-state index in [2.05, 4.69) is 5.32 Å². The molecule has 3 rings (SSSR count). The molecule has 2 atom stereocenters. The molecule has 0 spiro atoms. The van der Waals surface area contributed by atoms with E-state index < -0.39 is 5.82 Å². The van der Waals surface area contributed by atoms with E-state index in [4.69, 9.17) is 21.1 Å². The Morgan fingerprint density at radius 3 is 2.78 bits per heavy atom. The molecule has 1 saturated heterocycles. The second kappa shape index (κ2) is 8.59. The van der Waals surface area contributed by atoms with Gasteiger partial charge in [0, 0.05) is 18.9 Å². The van der Waals surface area contributed by atoms with Gasteiger partial charge in [-0.1, -0.05) is 11.6 Å². The number of benzene rings is 2. The number of nitrogens with one attached hydrogen (secondary N) is 2. The fraction of sp³-hybridized carbons (Fsp3) is 0.350. The number of quaternary nitrogens is 1. The quantitative estimate of drug-likeness (QED) is 0.793. The topological polar surface area (TPSA) is 52.0 Å². The van der Waals surface area contributed by atoms with Gasteiger partial charge in [0.15, 0.2) is 6.54 Å². The molecule has 2 aromatic carbocycles. The molecule has 1 aliphatic rings. The molecule has 2 aromatic rings. The minimum absolute atomic E-state index is 0.155. The number of halogens is 2. The molecule has 1 heterocycles. The molecule has 1 aliphatic heterocycles. The lowest BCUT2D eigenvalue weighted by Gasteiger charge is -2.23. The van der Waals surface area contributed by atoms with Gasteiger partial charge in [0.25, 0.3) is 5.91 Å². The second-order valence-electron chi connectivity index (χ2n) is 6.56. The molecular formula is C20H23ClFN2O3+. The molecule has 0 radical (unpaired) electrons. The van der Waals surface area contributed by atoms with Gasteiger partial charge in [-0.2, -0.15) is 0 Å². The predicted molar refractivity (Wildman–Crippen MR) is 102 cm³/mol. The van der Waals surface area contributed by atoms with Gasteiger partial charge in [0.05, 0.1) is 37.0 Å². The van der Waals surface area contributed by atoms with Crippen molar-refractivity contribution < 1.29 is 23.6 Å². The zero-order chi connectivity index (χ0) is 19.4. The molecule has 7 heteroatoms. The molecule has 0 aliphatic carbocycles. The summed E-state index contributed by atoms with van der Waals surface area (Å²) in [6.45, 7) is 1.19. The average Bonchev–Trinajstić information content (AvgIpc) is 3.11. The highest BCUT2D eigenvalue weighted by Gasteiger charge is 2.33. The highest BCUT2D eigenvalue weighted by Crippen LogP contribution is 2.31. The van der Waals surface area contributed by atoms with Crippen LogP contribution in [0.5, 0.6) is 11.5 Å². The molecule has 1 amide bonds. The number of amides is 1. The van der Waals surface area contributed by atoms with Crippen LogP contribution >= 0.6 is 11.6 Å². The van der Waals surface area contributed by atoms with Gasteiger partial charge in [0.1, 0.15) is 23.4 Å². The average molecular weight is 394 g/mol. The van der Waals surface area contributed by atoms with Crippen molar-refractivity contribution in [2.75, 3.05) is 32.6 Å². The maximum atomic E-state index is 13.2. The van der Waals surface area contributed by atoms with Crippen LogP contribution in [0.15, 0.2) is 36.4 Å². The summed E-state index contributed by atoms with van der Waals surface area (Å²) in [6, 6.07) is 9.87. The Hall–Kier alpha value is -2.31. The van der Waals surface area contributed by atoms with Crippen LogP contribution in [0.25, 0.3) is 0 Å². The Labute approximate surface area is 163 Å². The number of methoxy groups -OCH3 is 2. The monoisotopic (exact) mass is 393 g/mol. The van der Waals surface area contributed by atoms with Crippen LogP contribution in [-0.4, -0.2) is 33.2 Å². The largest absolute Gasteiger partial charge is 0.497 e. The van der Waals surface area contributed by atoms with Crippen molar-refractivity contribution in [3.05, 3.63) is 52.8 Å². The normalized spacial score (nSPS) is 19.0. The highest BCUT2D eigenvalue weighted by atomic mass is 35.5. The lowest BCUT2D eigenvalue weighted by atomic mass is 10.0. The van der Waals surface area contributed by atoms with E-state index in [0.29, 0.717) is 12.2 Å². The summed E-state index contributed by atoms with van der Waals surface area (Å²) >= 11 is 5.99. The van der Waals surface area contributed by atoms with Crippen molar-refractivity contribution in [1.29, 1.82) is 0 Å². The Morgan fingerprint density at radius 2 is 2.07 bits per heavy atom. The molecule has 1 unspecified atom stereocenters. The van der Waals surface area contributed by atoms with Crippen LogP contribution in [0.1, 0.15) is 24.4 Å². The van der Waals surface area contributed by atoms with E-state index in [1.807, 2.05) is 18.2 Å². The summed E-state index contributed by atoms with van der Waals surface area (Å²) in [5.41, 5.74) is 1.48. The second-order valence-corrected chi connectivity index (χ2v) is 6.97. The zero-order valence-electron chi connectivity index (χ0n) is 15.4. The van der Waals surface area contributed by atoms with Crippen molar-refractivity contribution in [2.45, 2.75) is 18.9 Å². The number of anilines is 1. The number of hydrogen-bond acceptors (Lipinski definition) is 3. The number of likely N-dealkylation sites (tertiary alicyclic amines) is 1. The minimum atomic E-state index is -0.435. The van der Waals surface area contributed by atoms with Crippen molar-refractivity contribution in [3.8, 4) is 11.5 Å². The van der Waals surface area contributed by atoms with E-state index in [9.17, 15) is 9.18 Å². The Morgan fingerprint density at radius 1 is 1.26 bits per heavy atom. The highest BCUT2D eigenvalue weighted by molar-refractivity contribution is 6.33. The van der Waals surface area contributed by atoms with Crippen LogP contribution in [0.3, 0.4) is 0 Å². The van der Waals surface area contributed by atoms with E-state index in [-0.39, 0.29) is 17.0 Å². The van der Waals surface area contributed by atoms with Crippen LogP contribution in [0.4, 0.5) is 10.1 Å². The first-order valence-electron chi connectivity index (χ1n) is 8.83. The fourth-order valence-electron chi connectivity index (χ4n) is 3.60. The van der Waals surface area contributed by atoms with Crippen molar-refractivity contribution in [1.82, 2.24) is 0 Å². The molecule has 0 aromatic heterocycles. The number of rotatable bonds is 6. The van der Waals surface area contributed by atoms with Gasteiger partial charge >= 0.3 is 0 Å². The minimum Gasteiger partial charge on any atom is -0.497 e. The van der Waals surface area contributed by atoms with Crippen LogP contribution < -0.4 is 19.7 Å². The van der Waals surface area contributed by atoms with E-state index in [1.54, 1.807) is 14.2 Å². The van der Waals surface area contributed by atoms with Crippen LogP contribution in [0, 0.1) is 5.82 Å². The third-order valence-corrected chi connectivity index (χ3v) is 5.21. The SMILES string of the molecule is COc1ccc([C@@H]2CCC[NH+]2CC(=O)Nc2ccc(F)cc2Cl)c(OC)c1. The number of hydrogen-bond donors (Lipinski definition) is 2. The molecule has 1 fully saturated rings. The Kier molecular flexibility index (Phi) is 6.19. The first-order valence-corrected chi connectivity index (χ1v) is 9.21. The van der Waals surface area contributed by atoms with Crippen molar-refractivity contribution in [2.24, 2.45) is 0 Å². The smallest absolute Gasteiger partial charge is 0.279 e. The standard InChI is InChI=1S/C20H22ClFN2O3/c1-26-14-6-7-15(19(11-14)27-2)18-4-3-9-24(18)12-20(25)23-17-8-5-13(22)10-16(17)21/h5-8,10-11,18H,3-4,9,12H2,1-2H3,(H,23,25)/p+1/t18-/m0/s1. The zero-order valence-corrected chi connectivity index (χ0v) is 16.1. The summed E-state index contributed by atoms with van der Waals surface area (Å²) < 4.78 is 23.9. The number of carbonyl (C=O) groups is 1. The van der Waals surface area contributed by atoms with Crippen molar-refractivity contribution >= 4 is 23.2 Å². The lowest BCUT2D eigenvalue weighted by Crippen LogP contribution is -3.11. The molecule has 0 bridgehead atoms. The summed E-state index contributed by atoms with van der Waals surface area (Å²) in [6.07, 6.45) is 2.00. The lowest BCUT2D eigenvalue weighted by molar-refractivity contribution is -0.910. The van der Waals surface area contributed by atoms with Crippen molar-refractivity contribution in [3.63, 3.8) is 0 Å². The summed E-state index contributed by atoms with van der Waals surface area (Å²) in [5, 5.41) is 2.96. The third-order valence-electron chi connectivity index (χ3n) is 4.89.